The molecule has 0 unspecified atom stereocenters. The average molecular weight is 560 g/mol. The fourth-order valence-corrected chi connectivity index (χ4v) is 5.63. The molecule has 0 aliphatic rings. The van der Waals surface area contributed by atoms with E-state index in [-0.39, 0.29) is 0 Å². The maximum atomic E-state index is 12.8. The molecular weight excluding hydrogens is 535 g/mol. The number of carbonyl (C=O) groups is 1. The summed E-state index contributed by atoms with van der Waals surface area (Å²) in [5, 5.41) is 13.1. The number of nitrogens with one attached hydrogen (secondary N) is 2. The molecule has 0 saturated heterocycles. The summed E-state index contributed by atoms with van der Waals surface area (Å²) >= 11 is 19.3. The standard InChI is InChI=1S/C26H24Cl2N4O2S2/c1-14-23(15(2)32(31-14)13-17-10-11-19(27)20(28)12-17)29-26(35)30-24-22(25(33)34-4)21(16(3)36-24)18-8-6-5-7-9-18/h5-12H,13H2,1-4H3,(H2,29,30,35). The number of esters is 1. The minimum Gasteiger partial charge on any atom is -0.465 e. The first-order valence-corrected chi connectivity index (χ1v) is 13.0. The molecule has 0 atom stereocenters. The number of aromatic nitrogens is 2. The van der Waals surface area contributed by atoms with Crippen LogP contribution in [0.5, 0.6) is 0 Å². The van der Waals surface area contributed by atoms with E-state index in [0.717, 1.165) is 38.6 Å². The summed E-state index contributed by atoms with van der Waals surface area (Å²) in [4.78, 5) is 13.7. The molecule has 0 amide bonds. The van der Waals surface area contributed by atoms with Gasteiger partial charge in [0.1, 0.15) is 10.6 Å². The second-order valence-electron chi connectivity index (χ2n) is 8.13. The summed E-state index contributed by atoms with van der Waals surface area (Å²) in [6.45, 7) is 6.38. The van der Waals surface area contributed by atoms with E-state index in [1.165, 1.54) is 18.4 Å². The average Bonchev–Trinajstić information content (AvgIpc) is 3.31. The van der Waals surface area contributed by atoms with Gasteiger partial charge in [-0.05, 0) is 56.2 Å². The number of halogens is 2. The minimum absolute atomic E-state index is 0.348. The highest BCUT2D eigenvalue weighted by Gasteiger charge is 2.25. The molecule has 0 spiro atoms. The van der Waals surface area contributed by atoms with Crippen molar-refractivity contribution >= 4 is 68.5 Å². The van der Waals surface area contributed by atoms with Crippen LogP contribution in [0.4, 0.5) is 10.7 Å². The van der Waals surface area contributed by atoms with Gasteiger partial charge in [-0.15, -0.1) is 11.3 Å². The lowest BCUT2D eigenvalue weighted by Gasteiger charge is -2.12. The molecule has 0 radical (unpaired) electrons. The van der Waals surface area contributed by atoms with Gasteiger partial charge in [0.2, 0.25) is 0 Å². The molecule has 2 aromatic heterocycles. The second-order valence-corrected chi connectivity index (χ2v) is 10.6. The van der Waals surface area contributed by atoms with Crippen LogP contribution in [-0.4, -0.2) is 28.0 Å². The molecule has 0 bridgehead atoms. The number of rotatable bonds is 6. The molecule has 6 nitrogen and oxygen atoms in total. The molecule has 4 aromatic rings. The zero-order valence-electron chi connectivity index (χ0n) is 20.1. The summed E-state index contributed by atoms with van der Waals surface area (Å²) in [7, 11) is 1.37. The number of hydrogen-bond donors (Lipinski definition) is 2. The van der Waals surface area contributed by atoms with Crippen molar-refractivity contribution in [2.75, 3.05) is 17.7 Å². The van der Waals surface area contributed by atoms with Gasteiger partial charge in [-0.1, -0.05) is 59.6 Å². The van der Waals surface area contributed by atoms with Crippen LogP contribution >= 0.6 is 46.8 Å². The lowest BCUT2D eigenvalue weighted by Crippen LogP contribution is -2.21. The summed E-state index contributed by atoms with van der Waals surface area (Å²) < 4.78 is 6.98. The number of benzene rings is 2. The van der Waals surface area contributed by atoms with Crippen molar-refractivity contribution in [3.05, 3.63) is 86.0 Å². The lowest BCUT2D eigenvalue weighted by atomic mass is 10.0. The Labute approximate surface area is 229 Å². The van der Waals surface area contributed by atoms with Gasteiger partial charge < -0.3 is 15.4 Å². The van der Waals surface area contributed by atoms with Crippen LogP contribution in [0.15, 0.2) is 48.5 Å². The first-order valence-electron chi connectivity index (χ1n) is 11.0. The molecule has 0 aliphatic heterocycles. The van der Waals surface area contributed by atoms with Crippen LogP contribution in [-0.2, 0) is 11.3 Å². The maximum Gasteiger partial charge on any atom is 0.341 e. The normalized spacial score (nSPS) is 10.8. The van der Waals surface area contributed by atoms with Crippen LogP contribution < -0.4 is 10.6 Å². The molecule has 4 rings (SSSR count). The Kier molecular flexibility index (Phi) is 8.00. The predicted octanol–water partition coefficient (Wildman–Crippen LogP) is 7.49. The predicted molar refractivity (Wildman–Crippen MR) is 153 cm³/mol. The maximum absolute atomic E-state index is 12.8. The second kappa shape index (κ2) is 11.0. The smallest absolute Gasteiger partial charge is 0.341 e. The quantitative estimate of drug-likeness (QED) is 0.189. The van der Waals surface area contributed by atoms with Crippen LogP contribution in [0.1, 0.15) is 32.2 Å². The van der Waals surface area contributed by atoms with Crippen molar-refractivity contribution in [1.29, 1.82) is 0 Å². The molecule has 2 N–H and O–H groups in total. The van der Waals surface area contributed by atoms with E-state index in [9.17, 15) is 4.79 Å². The van der Waals surface area contributed by atoms with E-state index in [1.54, 1.807) is 6.07 Å². The van der Waals surface area contributed by atoms with Gasteiger partial charge in [0.25, 0.3) is 0 Å². The van der Waals surface area contributed by atoms with Crippen LogP contribution in [0.2, 0.25) is 10.0 Å². The third-order valence-electron chi connectivity index (χ3n) is 5.70. The third kappa shape index (κ3) is 5.42. The Morgan fingerprint density at radius 3 is 2.47 bits per heavy atom. The summed E-state index contributed by atoms with van der Waals surface area (Å²) in [5.41, 5.74) is 5.70. The Morgan fingerprint density at radius 2 is 1.81 bits per heavy atom. The van der Waals surface area contributed by atoms with E-state index < -0.39 is 5.97 Å². The van der Waals surface area contributed by atoms with Crippen molar-refractivity contribution in [3.63, 3.8) is 0 Å². The van der Waals surface area contributed by atoms with E-state index in [1.807, 2.05) is 67.9 Å². The van der Waals surface area contributed by atoms with E-state index >= 15 is 0 Å². The number of aryl methyl sites for hydroxylation is 2. The SMILES string of the molecule is COC(=O)c1c(NC(=S)Nc2c(C)nn(Cc3ccc(Cl)c(Cl)c3)c2C)sc(C)c1-c1ccccc1. The molecule has 2 heterocycles. The molecular formula is C26H24Cl2N4O2S2. The number of ether oxygens (including phenoxy) is 1. The minimum atomic E-state index is -0.426. The molecule has 2 aromatic carbocycles. The largest absolute Gasteiger partial charge is 0.465 e. The Morgan fingerprint density at radius 1 is 1.08 bits per heavy atom. The molecule has 186 valence electrons. The number of anilines is 2. The zero-order valence-corrected chi connectivity index (χ0v) is 23.3. The van der Waals surface area contributed by atoms with Gasteiger partial charge in [0, 0.05) is 10.4 Å². The van der Waals surface area contributed by atoms with E-state index in [0.29, 0.717) is 32.3 Å². The topological polar surface area (TPSA) is 68.2 Å². The first kappa shape index (κ1) is 26.2. The van der Waals surface area contributed by atoms with Crippen molar-refractivity contribution in [3.8, 4) is 11.1 Å². The van der Waals surface area contributed by atoms with Gasteiger partial charge in [-0.3, -0.25) is 4.68 Å². The van der Waals surface area contributed by atoms with Crippen molar-refractivity contribution in [1.82, 2.24) is 9.78 Å². The van der Waals surface area contributed by atoms with Gasteiger partial charge in [-0.25, -0.2) is 4.79 Å². The van der Waals surface area contributed by atoms with Gasteiger partial charge >= 0.3 is 5.97 Å². The van der Waals surface area contributed by atoms with Crippen LogP contribution in [0, 0.1) is 20.8 Å². The Balaban J connectivity index is 1.58. The summed E-state index contributed by atoms with van der Waals surface area (Å²) in [5.74, 6) is -0.426. The number of methoxy groups -OCH3 is 1. The molecule has 0 fully saturated rings. The third-order valence-corrected chi connectivity index (χ3v) is 7.66. The molecule has 0 aliphatic carbocycles. The van der Waals surface area contributed by atoms with Crippen molar-refractivity contribution in [2.45, 2.75) is 27.3 Å². The molecule has 10 heteroatoms. The molecule has 36 heavy (non-hydrogen) atoms. The lowest BCUT2D eigenvalue weighted by molar-refractivity contribution is 0.0603. The highest BCUT2D eigenvalue weighted by Crippen LogP contribution is 2.40. The van der Waals surface area contributed by atoms with E-state index in [4.69, 9.17) is 40.2 Å². The zero-order chi connectivity index (χ0) is 26.0. The summed E-state index contributed by atoms with van der Waals surface area (Å²) in [6, 6.07) is 15.3. The Hall–Kier alpha value is -2.91. The number of thiocarbonyl (C=S) groups is 1. The van der Waals surface area contributed by atoms with Crippen molar-refractivity contribution < 1.29 is 9.53 Å². The fraction of sp³-hybridized carbons (Fsp3) is 0.192. The van der Waals surface area contributed by atoms with Crippen molar-refractivity contribution in [2.24, 2.45) is 0 Å². The highest BCUT2D eigenvalue weighted by molar-refractivity contribution is 7.80. The van der Waals surface area contributed by atoms with Crippen LogP contribution in [0.25, 0.3) is 11.1 Å². The Bertz CT molecular complexity index is 1450. The number of thiophene rings is 1. The van der Waals surface area contributed by atoms with E-state index in [2.05, 4.69) is 15.7 Å². The first-order chi connectivity index (χ1) is 17.2. The fourth-order valence-electron chi connectivity index (χ4n) is 3.97. The number of carbonyl (C=O) groups excluding carboxylic acids is 1. The monoisotopic (exact) mass is 558 g/mol. The molecule has 0 saturated carbocycles. The van der Waals surface area contributed by atoms with Gasteiger partial charge in [0.15, 0.2) is 5.11 Å². The summed E-state index contributed by atoms with van der Waals surface area (Å²) in [6.07, 6.45) is 0. The number of hydrogen-bond acceptors (Lipinski definition) is 5. The highest BCUT2D eigenvalue weighted by atomic mass is 35.5. The number of nitrogens with zero attached hydrogens (tertiary/aromatic N) is 2. The van der Waals surface area contributed by atoms with Gasteiger partial charge in [0.05, 0.1) is 40.8 Å². The van der Waals surface area contributed by atoms with Crippen LogP contribution in [0.3, 0.4) is 0 Å². The van der Waals surface area contributed by atoms with Gasteiger partial charge in [-0.2, -0.15) is 5.10 Å².